The summed E-state index contributed by atoms with van der Waals surface area (Å²) in [5.41, 5.74) is 13.6. The fraction of sp³-hybridized carbons (Fsp3) is 0.550. The molecule has 2 aliphatic rings. The van der Waals surface area contributed by atoms with Crippen molar-refractivity contribution in [3.8, 4) is 11.1 Å². The molecule has 236 valence electrons. The second-order valence-corrected chi connectivity index (χ2v) is 17.0. The average molecular weight is 699 g/mol. The van der Waals surface area contributed by atoms with Crippen LogP contribution in [0.3, 0.4) is 0 Å². The number of fused-ring (bicyclic) bond motifs is 3. The molecule has 1 fully saturated rings. The quantitative estimate of drug-likeness (QED) is 0.254. The number of benzene rings is 2. The van der Waals surface area contributed by atoms with Crippen molar-refractivity contribution in [2.24, 2.45) is 0 Å². The molecule has 3 aromatic rings. The van der Waals surface area contributed by atoms with Gasteiger partial charge in [-0.05, 0) is 17.4 Å². The average Bonchev–Trinajstić information content (AvgIpc) is 3.49. The van der Waals surface area contributed by atoms with Crippen molar-refractivity contribution < 1.29 is 49.0 Å². The van der Waals surface area contributed by atoms with Crippen molar-refractivity contribution in [1.29, 1.82) is 0 Å². The van der Waals surface area contributed by atoms with Crippen molar-refractivity contribution in [2.45, 2.75) is 144 Å². The van der Waals surface area contributed by atoms with E-state index in [-0.39, 0.29) is 35.6 Å². The molecule has 0 N–H and O–H groups in total. The first-order valence-electron chi connectivity index (χ1n) is 16.1. The van der Waals surface area contributed by atoms with Crippen molar-refractivity contribution in [3.63, 3.8) is 0 Å². The van der Waals surface area contributed by atoms with Crippen LogP contribution in [-0.2, 0) is 59.7 Å². The molecule has 0 aliphatic heterocycles. The van der Waals surface area contributed by atoms with Crippen LogP contribution in [0.4, 0.5) is 0 Å². The van der Waals surface area contributed by atoms with Crippen molar-refractivity contribution in [1.82, 2.24) is 0 Å². The van der Waals surface area contributed by atoms with Crippen LogP contribution in [0.2, 0.25) is 0 Å². The summed E-state index contributed by atoms with van der Waals surface area (Å²) < 4.78 is 1.80. The van der Waals surface area contributed by atoms with Crippen LogP contribution >= 0.6 is 0 Å². The molecular weight excluding hydrogens is 643 g/mol. The molecule has 0 aromatic heterocycles. The van der Waals surface area contributed by atoms with Gasteiger partial charge in [-0.25, -0.2) is 6.07 Å². The van der Waals surface area contributed by atoms with Gasteiger partial charge in [-0.1, -0.05) is 129 Å². The van der Waals surface area contributed by atoms with E-state index < -0.39 is 0 Å². The van der Waals surface area contributed by atoms with Crippen molar-refractivity contribution in [3.05, 3.63) is 87.5 Å². The van der Waals surface area contributed by atoms with Gasteiger partial charge in [-0.2, -0.15) is 52.1 Å². The zero-order valence-electron chi connectivity index (χ0n) is 29.0. The Morgan fingerprint density at radius 1 is 0.721 bits per heavy atom. The first-order chi connectivity index (χ1) is 19.0. The zero-order valence-corrected chi connectivity index (χ0v) is 32.9. The maximum absolute atomic E-state index is 3.53. The first kappa shape index (κ1) is 40.1. The third kappa shape index (κ3) is 11.2. The molecule has 1 saturated carbocycles. The summed E-state index contributed by atoms with van der Waals surface area (Å²) in [4.78, 5) is 0. The molecule has 0 bridgehead atoms. The number of hydrogen-bond donors (Lipinski definition) is 0. The fourth-order valence-electron chi connectivity index (χ4n) is 5.78. The topological polar surface area (TPSA) is 0 Å². The van der Waals surface area contributed by atoms with E-state index in [1.54, 1.807) is 27.4 Å². The van der Waals surface area contributed by atoms with Crippen LogP contribution in [0.15, 0.2) is 42.5 Å². The molecule has 0 saturated heterocycles. The van der Waals surface area contributed by atoms with Gasteiger partial charge < -0.3 is 24.8 Å². The normalized spacial score (nSPS) is 14.2. The number of halogens is 2. The predicted octanol–water partition coefficient (Wildman–Crippen LogP) is 5.16. The van der Waals surface area contributed by atoms with Gasteiger partial charge in [0.2, 0.25) is 0 Å². The minimum absolute atomic E-state index is 0. The molecular formula is C40H56Cl2Zr-2. The summed E-state index contributed by atoms with van der Waals surface area (Å²) in [7, 11) is 0. The van der Waals surface area contributed by atoms with E-state index in [2.05, 4.69) is 125 Å². The zero-order chi connectivity index (χ0) is 30.6. The summed E-state index contributed by atoms with van der Waals surface area (Å²) in [6.45, 7) is 25.0. The summed E-state index contributed by atoms with van der Waals surface area (Å²) in [6, 6.07) is 19.8. The Morgan fingerprint density at radius 2 is 1.30 bits per heavy atom. The van der Waals surface area contributed by atoms with Crippen molar-refractivity contribution >= 4 is 3.21 Å². The van der Waals surface area contributed by atoms with Gasteiger partial charge in [0.15, 0.2) is 0 Å². The molecule has 0 spiro atoms. The van der Waals surface area contributed by atoms with Gasteiger partial charge in [0.05, 0.1) is 0 Å². The van der Waals surface area contributed by atoms with E-state index >= 15 is 0 Å². The molecule has 43 heavy (non-hydrogen) atoms. The summed E-state index contributed by atoms with van der Waals surface area (Å²) in [5.74, 6) is 0. The molecule has 0 unspecified atom stereocenters. The number of aryl methyl sites for hydroxylation is 2. The van der Waals surface area contributed by atoms with Gasteiger partial charge >= 0.3 is 59.5 Å². The van der Waals surface area contributed by atoms with E-state index in [1.165, 1.54) is 82.2 Å². The second kappa shape index (κ2) is 16.6. The maximum atomic E-state index is 3.53. The van der Waals surface area contributed by atoms with Crippen LogP contribution in [0.25, 0.3) is 11.1 Å². The molecule has 2 aliphatic carbocycles. The predicted molar refractivity (Wildman–Crippen MR) is 179 cm³/mol. The molecule has 0 radical (unpaired) electrons. The van der Waals surface area contributed by atoms with Gasteiger partial charge in [0, 0.05) is 0 Å². The minimum atomic E-state index is 0. The Morgan fingerprint density at radius 3 is 1.74 bits per heavy atom. The van der Waals surface area contributed by atoms with Crippen LogP contribution in [0, 0.1) is 6.07 Å². The molecule has 0 amide bonds. The molecule has 3 aromatic carbocycles. The van der Waals surface area contributed by atoms with E-state index in [0.29, 0.717) is 5.41 Å². The van der Waals surface area contributed by atoms with Crippen molar-refractivity contribution in [2.75, 3.05) is 0 Å². The van der Waals surface area contributed by atoms with Crippen LogP contribution in [-0.4, -0.2) is 3.21 Å². The van der Waals surface area contributed by atoms with E-state index in [0.717, 1.165) is 19.3 Å². The Labute approximate surface area is 292 Å². The Kier molecular flexibility index (Phi) is 15.5. The molecule has 0 nitrogen and oxygen atoms in total. The molecule has 0 heterocycles. The third-order valence-corrected chi connectivity index (χ3v) is 9.84. The first-order valence-corrected chi connectivity index (χ1v) is 17.3. The number of hydrogen-bond acceptors (Lipinski definition) is 0. The summed E-state index contributed by atoms with van der Waals surface area (Å²) >= 11 is 1.69. The van der Waals surface area contributed by atoms with Crippen LogP contribution in [0.5, 0.6) is 0 Å². The Balaban J connectivity index is 0.000000360. The standard InChI is InChI=1S/C21H25.C13H21.C6H10.2ClH.Zr/c1-20(2,3)16-9-7-14-11-15-8-10-17(21(4,5)6)13-19(15)18(14)12-16;1-6-10-8-11(7-2)12(9-10)13(3,4)5;1-2-4-6-5-3-1;;;/h7,9-10,12-13H,11H2,1-6H3;8-9H,6-7H2,1-5H3;1-5H2;2*1H;/q2*-1;;;;+2/p-2. The van der Waals surface area contributed by atoms with Gasteiger partial charge in [-0.15, -0.1) is 5.56 Å². The SMILES string of the molecule is CC(C)(C)c1c[c-]c2c(c1)-c1cc(C(C)(C)C)ccc1C2.CCc1cc(C(C)(C)C)c(CC)[cH-]1.[Cl-].[Cl-].[Zr+2]=[C]1CCCCC1. The van der Waals surface area contributed by atoms with E-state index in [4.69, 9.17) is 0 Å². The van der Waals surface area contributed by atoms with E-state index in [9.17, 15) is 0 Å². The van der Waals surface area contributed by atoms with Gasteiger partial charge in [-0.3, -0.25) is 0 Å². The molecule has 0 atom stereocenters. The summed E-state index contributed by atoms with van der Waals surface area (Å²) in [6.07, 6.45) is 10.7. The van der Waals surface area contributed by atoms with E-state index in [1.807, 2.05) is 0 Å². The molecule has 3 heteroatoms. The van der Waals surface area contributed by atoms with Gasteiger partial charge in [0.25, 0.3) is 0 Å². The van der Waals surface area contributed by atoms with Gasteiger partial charge in [0.1, 0.15) is 0 Å². The molecule has 5 rings (SSSR count). The second-order valence-electron chi connectivity index (χ2n) is 15.3. The number of rotatable bonds is 2. The Bertz CT molecular complexity index is 1250. The Hall–Kier alpha value is -0.877. The van der Waals surface area contributed by atoms with Crippen LogP contribution < -0.4 is 24.8 Å². The van der Waals surface area contributed by atoms with Crippen LogP contribution in [0.1, 0.15) is 147 Å². The monoisotopic (exact) mass is 696 g/mol. The summed E-state index contributed by atoms with van der Waals surface area (Å²) in [5, 5.41) is 0. The third-order valence-electron chi connectivity index (χ3n) is 8.62. The fourth-order valence-corrected chi connectivity index (χ4v) is 6.65.